The summed E-state index contributed by atoms with van der Waals surface area (Å²) in [6.07, 6.45) is 0.747. The lowest BCUT2D eigenvalue weighted by Crippen LogP contribution is -2.11. The third-order valence-corrected chi connectivity index (χ3v) is 5.63. The fourth-order valence-corrected chi connectivity index (χ4v) is 3.73. The zero-order chi connectivity index (χ0) is 26.7. The molecule has 0 spiro atoms. The summed E-state index contributed by atoms with van der Waals surface area (Å²) in [6, 6.07) is 28.8. The van der Waals surface area contributed by atoms with Crippen LogP contribution in [0.4, 0.5) is 0 Å². The quantitative estimate of drug-likeness (QED) is 0.174. The second-order valence-electron chi connectivity index (χ2n) is 8.47. The first-order valence-electron chi connectivity index (χ1n) is 12.2. The average molecular weight is 513 g/mol. The molecular weight excluding hydrogens is 484 g/mol. The van der Waals surface area contributed by atoms with Gasteiger partial charge >= 0.3 is 11.9 Å². The van der Waals surface area contributed by atoms with Crippen molar-refractivity contribution in [3.8, 4) is 34.5 Å². The maximum absolute atomic E-state index is 12.5. The number of phenolic OH excluding ortho intramolecular Hbond substituents is 1. The van der Waals surface area contributed by atoms with Crippen molar-refractivity contribution in [3.05, 3.63) is 108 Å². The number of benzene rings is 4. The molecule has 0 aliphatic rings. The molecule has 4 aromatic rings. The van der Waals surface area contributed by atoms with Crippen molar-refractivity contribution in [2.24, 2.45) is 0 Å². The minimum Gasteiger partial charge on any atom is -0.508 e. The highest BCUT2D eigenvalue weighted by atomic mass is 16.5. The summed E-state index contributed by atoms with van der Waals surface area (Å²) in [6.45, 7) is 0. The van der Waals surface area contributed by atoms with E-state index in [2.05, 4.69) is 4.74 Å². The Labute approximate surface area is 221 Å². The number of methoxy groups -OCH3 is 1. The molecule has 0 atom stereocenters. The van der Waals surface area contributed by atoms with Gasteiger partial charge in [0, 0.05) is 30.4 Å². The summed E-state index contributed by atoms with van der Waals surface area (Å²) in [7, 11) is 1.31. The number of rotatable bonds is 11. The first-order valence-corrected chi connectivity index (χ1v) is 12.2. The van der Waals surface area contributed by atoms with E-state index in [1.807, 2.05) is 60.7 Å². The topological polar surface area (TPSA) is 91.3 Å². The van der Waals surface area contributed by atoms with Crippen LogP contribution in [-0.4, -0.2) is 24.2 Å². The smallest absolute Gasteiger partial charge is 0.311 e. The summed E-state index contributed by atoms with van der Waals surface area (Å²) in [5.74, 6) is 2.00. The molecule has 0 saturated heterocycles. The monoisotopic (exact) mass is 512 g/mol. The van der Waals surface area contributed by atoms with Crippen LogP contribution in [0.25, 0.3) is 0 Å². The largest absolute Gasteiger partial charge is 0.508 e. The molecule has 0 amide bonds. The van der Waals surface area contributed by atoms with E-state index in [-0.39, 0.29) is 31.0 Å². The van der Waals surface area contributed by atoms with Gasteiger partial charge in [-0.05, 0) is 67.1 Å². The molecule has 0 fully saturated rings. The van der Waals surface area contributed by atoms with Gasteiger partial charge in [-0.25, -0.2) is 0 Å². The lowest BCUT2D eigenvalue weighted by Gasteiger charge is -2.15. The average Bonchev–Trinajstić information content (AvgIpc) is 2.93. The fourth-order valence-electron chi connectivity index (χ4n) is 3.73. The number of hydrogen-bond donors (Lipinski definition) is 1. The van der Waals surface area contributed by atoms with Crippen molar-refractivity contribution in [2.75, 3.05) is 7.11 Å². The highest BCUT2D eigenvalue weighted by Crippen LogP contribution is 2.34. The van der Waals surface area contributed by atoms with Crippen molar-refractivity contribution in [1.29, 1.82) is 0 Å². The molecule has 194 valence electrons. The molecule has 7 nitrogen and oxygen atoms in total. The summed E-state index contributed by atoms with van der Waals surface area (Å²) >= 11 is 0. The molecule has 0 aliphatic heterocycles. The number of phenols is 1. The number of esters is 2. The van der Waals surface area contributed by atoms with E-state index in [1.165, 1.54) is 7.11 Å². The van der Waals surface area contributed by atoms with Gasteiger partial charge in [-0.3, -0.25) is 9.59 Å². The third kappa shape index (κ3) is 7.61. The summed E-state index contributed by atoms with van der Waals surface area (Å²) in [4.78, 5) is 23.9. The Hall–Kier alpha value is -4.78. The molecule has 0 aromatic heterocycles. The SMILES string of the molecule is COC(=O)CCCC(=O)Oc1ccc(Oc2ccccc2)cc1Cc1cc(Oc2ccccc2)ccc1O. The molecule has 4 rings (SSSR count). The lowest BCUT2D eigenvalue weighted by atomic mass is 10.0. The summed E-state index contributed by atoms with van der Waals surface area (Å²) < 4.78 is 22.2. The maximum atomic E-state index is 12.5. The minimum absolute atomic E-state index is 0.0580. The molecule has 0 radical (unpaired) electrons. The van der Waals surface area contributed by atoms with Gasteiger partial charge in [-0.2, -0.15) is 0 Å². The molecule has 0 saturated carbocycles. The highest BCUT2D eigenvalue weighted by Gasteiger charge is 2.15. The number of ether oxygens (including phenoxy) is 4. The second-order valence-corrected chi connectivity index (χ2v) is 8.47. The van der Waals surface area contributed by atoms with Crippen molar-refractivity contribution in [2.45, 2.75) is 25.7 Å². The summed E-state index contributed by atoms with van der Waals surface area (Å²) in [5.41, 5.74) is 1.21. The van der Waals surface area contributed by atoms with Crippen LogP contribution in [0.1, 0.15) is 30.4 Å². The van der Waals surface area contributed by atoms with Gasteiger partial charge < -0.3 is 24.1 Å². The Balaban J connectivity index is 1.57. The van der Waals surface area contributed by atoms with Crippen LogP contribution in [0.15, 0.2) is 97.1 Å². The normalized spacial score (nSPS) is 10.4. The summed E-state index contributed by atoms with van der Waals surface area (Å²) in [5, 5.41) is 10.6. The first kappa shape index (κ1) is 26.3. The maximum Gasteiger partial charge on any atom is 0.311 e. The third-order valence-electron chi connectivity index (χ3n) is 5.63. The molecule has 0 heterocycles. The van der Waals surface area contributed by atoms with Gasteiger partial charge in [-0.15, -0.1) is 0 Å². The number of para-hydroxylation sites is 2. The van der Waals surface area contributed by atoms with E-state index < -0.39 is 5.97 Å². The molecule has 0 aliphatic carbocycles. The number of carbonyl (C=O) groups is 2. The molecule has 0 unspecified atom stereocenters. The van der Waals surface area contributed by atoms with Crippen LogP contribution in [0.2, 0.25) is 0 Å². The predicted molar refractivity (Wildman–Crippen MR) is 142 cm³/mol. The van der Waals surface area contributed by atoms with E-state index in [0.29, 0.717) is 46.3 Å². The van der Waals surface area contributed by atoms with Crippen molar-refractivity contribution in [3.63, 3.8) is 0 Å². The highest BCUT2D eigenvalue weighted by molar-refractivity contribution is 5.74. The van der Waals surface area contributed by atoms with E-state index in [1.54, 1.807) is 36.4 Å². The molecular formula is C31H28O7. The number of aromatic hydroxyl groups is 1. The van der Waals surface area contributed by atoms with Gasteiger partial charge in [0.1, 0.15) is 34.5 Å². The Morgan fingerprint density at radius 3 is 1.82 bits per heavy atom. The van der Waals surface area contributed by atoms with Crippen LogP contribution >= 0.6 is 0 Å². The fraction of sp³-hybridized carbons (Fsp3) is 0.161. The van der Waals surface area contributed by atoms with Crippen LogP contribution < -0.4 is 14.2 Å². The molecule has 0 bridgehead atoms. The van der Waals surface area contributed by atoms with Gasteiger partial charge in [-0.1, -0.05) is 36.4 Å². The number of hydrogen-bond acceptors (Lipinski definition) is 7. The van der Waals surface area contributed by atoms with Gasteiger partial charge in [0.15, 0.2) is 0 Å². The molecule has 7 heteroatoms. The zero-order valence-electron chi connectivity index (χ0n) is 21.0. The van der Waals surface area contributed by atoms with Crippen LogP contribution in [0, 0.1) is 0 Å². The first-order chi connectivity index (χ1) is 18.5. The van der Waals surface area contributed by atoms with E-state index >= 15 is 0 Å². The molecule has 4 aromatic carbocycles. The number of carbonyl (C=O) groups excluding carboxylic acids is 2. The standard InChI is InChI=1S/C31H28O7/c1-35-30(33)13-8-14-31(34)38-29-18-16-27(37-25-11-6-3-7-12-25)21-23(29)19-22-20-26(15-17-28(22)32)36-24-9-4-2-5-10-24/h2-7,9-12,15-18,20-21,32H,8,13-14,19H2,1H3. The van der Waals surface area contributed by atoms with Gasteiger partial charge in [0.25, 0.3) is 0 Å². The van der Waals surface area contributed by atoms with Crippen molar-refractivity contribution < 1.29 is 33.6 Å². The van der Waals surface area contributed by atoms with Crippen LogP contribution in [0.5, 0.6) is 34.5 Å². The van der Waals surface area contributed by atoms with Crippen molar-refractivity contribution >= 4 is 11.9 Å². The van der Waals surface area contributed by atoms with Gasteiger partial charge in [0.05, 0.1) is 7.11 Å². The Morgan fingerprint density at radius 2 is 1.21 bits per heavy atom. The van der Waals surface area contributed by atoms with E-state index in [4.69, 9.17) is 14.2 Å². The zero-order valence-corrected chi connectivity index (χ0v) is 21.0. The molecule has 1 N–H and O–H groups in total. The van der Waals surface area contributed by atoms with E-state index in [9.17, 15) is 14.7 Å². The predicted octanol–water partition coefficient (Wildman–Crippen LogP) is 6.82. The molecule has 38 heavy (non-hydrogen) atoms. The van der Waals surface area contributed by atoms with E-state index in [0.717, 1.165) is 0 Å². The Kier molecular flexibility index (Phi) is 8.97. The van der Waals surface area contributed by atoms with Gasteiger partial charge in [0.2, 0.25) is 0 Å². The van der Waals surface area contributed by atoms with Crippen LogP contribution in [0.3, 0.4) is 0 Å². The van der Waals surface area contributed by atoms with Crippen molar-refractivity contribution in [1.82, 2.24) is 0 Å². The second kappa shape index (κ2) is 13.0. The Morgan fingerprint density at radius 1 is 0.658 bits per heavy atom. The Bertz CT molecular complexity index is 1370. The van der Waals surface area contributed by atoms with Crippen LogP contribution in [-0.2, 0) is 20.7 Å². The lowest BCUT2D eigenvalue weighted by molar-refractivity contribution is -0.141. The minimum atomic E-state index is -0.475.